The average molecular weight is 1050 g/mol. The molecule has 0 heterocycles. The van der Waals surface area contributed by atoms with Crippen LogP contribution >= 0.6 is 0 Å². The van der Waals surface area contributed by atoms with Gasteiger partial charge in [-0.1, -0.05) is 207 Å². The number of ether oxygens (including phenoxy) is 4. The number of phenols is 4. The predicted molar refractivity (Wildman–Crippen MR) is 316 cm³/mol. The van der Waals surface area contributed by atoms with Crippen LogP contribution in [0.2, 0.25) is 0 Å². The highest BCUT2D eigenvalue weighted by atomic mass is 16.5. The van der Waals surface area contributed by atoms with Crippen molar-refractivity contribution in [3.05, 3.63) is 93.0 Å². The largest absolute Gasteiger partial charge is 0.508 e. The van der Waals surface area contributed by atoms with Gasteiger partial charge >= 0.3 is 0 Å². The van der Waals surface area contributed by atoms with E-state index in [0.717, 1.165) is 95.9 Å². The predicted octanol–water partition coefficient (Wildman–Crippen LogP) is 19.3. The first-order valence-corrected chi connectivity index (χ1v) is 31.1. The van der Waals surface area contributed by atoms with Crippen LogP contribution in [-0.4, -0.2) is 46.9 Å². The molecule has 0 fully saturated rings. The number of fused-ring (bicyclic) bond motifs is 8. The molecule has 0 amide bonds. The minimum absolute atomic E-state index is 0.123. The number of rotatable bonds is 40. The standard InChI is InChI=1S/C68H104O8/c1-5-9-13-17-21-25-29-33-37-73-65-53-41-55-47-62(70)49-57(66(55)74-38-34-30-26-22-18-14-10-6-2)43-59-51-64(72)52-60(68(59)76-40-36-32-28-24-20-16-12-8-4)44-58-50-63(71)48-56(42-54(65)46-61(69)45-53)67(58)75-39-35-31-27-23-19-15-11-7-3/h45-52,69-72H,5-44H2,1-4H3. The molecule has 4 aromatic rings. The Morgan fingerprint density at radius 2 is 0.382 bits per heavy atom. The topological polar surface area (TPSA) is 118 Å². The Hall–Kier alpha value is -4.72. The van der Waals surface area contributed by atoms with Crippen molar-refractivity contribution in [1.82, 2.24) is 0 Å². The van der Waals surface area contributed by atoms with Crippen molar-refractivity contribution in [1.29, 1.82) is 0 Å². The molecule has 1 aliphatic carbocycles. The van der Waals surface area contributed by atoms with E-state index in [-0.39, 0.29) is 23.0 Å². The minimum Gasteiger partial charge on any atom is -0.508 e. The molecular formula is C68H104O8. The first kappa shape index (κ1) is 62.1. The van der Waals surface area contributed by atoms with Gasteiger partial charge in [0, 0.05) is 70.2 Å². The van der Waals surface area contributed by atoms with Crippen LogP contribution in [0.25, 0.3) is 0 Å². The van der Waals surface area contributed by atoms with Crippen molar-refractivity contribution >= 4 is 0 Å². The molecule has 8 bridgehead atoms. The molecule has 0 unspecified atom stereocenters. The van der Waals surface area contributed by atoms with Gasteiger partial charge in [-0.15, -0.1) is 0 Å². The maximum absolute atomic E-state index is 11.6. The summed E-state index contributed by atoms with van der Waals surface area (Å²) in [6, 6.07) is 14.4. The maximum atomic E-state index is 11.6. The zero-order valence-corrected chi connectivity index (χ0v) is 48.3. The fraction of sp³-hybridized carbons (Fsp3) is 0.647. The Balaban J connectivity index is 1.58. The lowest BCUT2D eigenvalue weighted by molar-refractivity contribution is 0.291. The van der Waals surface area contributed by atoms with Gasteiger partial charge in [0.1, 0.15) is 46.0 Å². The minimum atomic E-state index is 0.123. The molecule has 0 saturated carbocycles. The molecule has 0 radical (unpaired) electrons. The quantitative estimate of drug-likeness (QED) is 0.0287. The van der Waals surface area contributed by atoms with Gasteiger partial charge in [-0.05, 0) is 74.2 Å². The van der Waals surface area contributed by atoms with Gasteiger partial charge in [-0.25, -0.2) is 0 Å². The number of unbranched alkanes of at least 4 members (excludes halogenated alkanes) is 28. The fourth-order valence-corrected chi connectivity index (χ4v) is 11.2. The summed E-state index contributed by atoms with van der Waals surface area (Å²) in [6.07, 6.45) is 39.3. The lowest BCUT2D eigenvalue weighted by atomic mass is 9.90. The molecule has 0 aromatic heterocycles. The number of benzene rings is 4. The molecular weight excluding hydrogens is 945 g/mol. The van der Waals surface area contributed by atoms with Crippen LogP contribution in [0.1, 0.15) is 278 Å². The molecule has 8 nitrogen and oxygen atoms in total. The average Bonchev–Trinajstić information content (AvgIpc) is 3.38. The van der Waals surface area contributed by atoms with Gasteiger partial charge in [0.2, 0.25) is 0 Å². The molecule has 1 aliphatic rings. The summed E-state index contributed by atoms with van der Waals surface area (Å²) < 4.78 is 27.6. The number of aromatic hydroxyl groups is 4. The van der Waals surface area contributed by atoms with Crippen molar-refractivity contribution in [2.45, 2.75) is 259 Å². The van der Waals surface area contributed by atoms with Crippen molar-refractivity contribution in [3.63, 3.8) is 0 Å². The third-order valence-electron chi connectivity index (χ3n) is 15.4. The second-order valence-electron chi connectivity index (χ2n) is 22.4. The van der Waals surface area contributed by atoms with E-state index in [1.807, 2.05) is 0 Å². The van der Waals surface area contributed by atoms with Crippen LogP contribution in [0.15, 0.2) is 48.5 Å². The third-order valence-corrected chi connectivity index (χ3v) is 15.4. The van der Waals surface area contributed by atoms with E-state index in [0.29, 0.717) is 75.1 Å². The zero-order valence-electron chi connectivity index (χ0n) is 48.3. The molecule has 0 aliphatic heterocycles. The highest BCUT2D eigenvalue weighted by Crippen LogP contribution is 2.43. The van der Waals surface area contributed by atoms with Gasteiger partial charge in [-0.2, -0.15) is 0 Å². The van der Waals surface area contributed by atoms with Crippen LogP contribution in [-0.2, 0) is 25.7 Å². The Labute approximate surface area is 461 Å². The van der Waals surface area contributed by atoms with Gasteiger partial charge in [0.15, 0.2) is 0 Å². The van der Waals surface area contributed by atoms with Gasteiger partial charge in [0.25, 0.3) is 0 Å². The second-order valence-corrected chi connectivity index (χ2v) is 22.4. The first-order valence-electron chi connectivity index (χ1n) is 31.1. The molecule has 4 N–H and O–H groups in total. The molecule has 8 heteroatoms. The van der Waals surface area contributed by atoms with E-state index in [2.05, 4.69) is 27.7 Å². The van der Waals surface area contributed by atoms with Crippen LogP contribution < -0.4 is 18.9 Å². The summed E-state index contributed by atoms with van der Waals surface area (Å²) in [5, 5.41) is 46.5. The number of phenolic OH excluding ortho intramolecular Hbond substituents is 4. The fourth-order valence-electron chi connectivity index (χ4n) is 11.2. The molecule has 4 aromatic carbocycles. The molecule has 5 rings (SSSR count). The lowest BCUT2D eigenvalue weighted by Gasteiger charge is -2.23. The van der Waals surface area contributed by atoms with Gasteiger partial charge < -0.3 is 39.4 Å². The summed E-state index contributed by atoms with van der Waals surface area (Å²) >= 11 is 0. The first-order chi connectivity index (χ1) is 37.2. The van der Waals surface area contributed by atoms with Gasteiger partial charge in [-0.3, -0.25) is 0 Å². The maximum Gasteiger partial charge on any atom is 0.126 e. The lowest BCUT2D eigenvalue weighted by Crippen LogP contribution is -2.10. The molecule has 424 valence electrons. The molecule has 0 spiro atoms. The Bertz CT molecular complexity index is 1810. The number of hydrogen-bond donors (Lipinski definition) is 4. The summed E-state index contributed by atoms with van der Waals surface area (Å²) in [5.41, 5.74) is 6.38. The highest BCUT2D eigenvalue weighted by Gasteiger charge is 2.25. The zero-order chi connectivity index (χ0) is 54.0. The van der Waals surface area contributed by atoms with Crippen LogP contribution in [0, 0.1) is 0 Å². The van der Waals surface area contributed by atoms with E-state index < -0.39 is 0 Å². The molecule has 76 heavy (non-hydrogen) atoms. The SMILES string of the molecule is CCCCCCCCCCOc1c2cc(O)cc1Cc1cc(O)cc(c1OCCCCCCCCCC)Cc1cc(O)cc(c1OCCCCCCCCCC)Cc1cc(O)cc(c1OCCCCCCCCCC)C2. The van der Waals surface area contributed by atoms with Gasteiger partial charge in [0.05, 0.1) is 26.4 Å². The van der Waals surface area contributed by atoms with Crippen LogP contribution in [0.5, 0.6) is 46.0 Å². The monoisotopic (exact) mass is 1050 g/mol. The molecule has 0 saturated heterocycles. The Morgan fingerprint density at radius 1 is 0.237 bits per heavy atom. The van der Waals surface area contributed by atoms with E-state index in [1.54, 1.807) is 48.5 Å². The third kappa shape index (κ3) is 22.7. The van der Waals surface area contributed by atoms with E-state index in [9.17, 15) is 20.4 Å². The number of hydrogen-bond acceptors (Lipinski definition) is 8. The van der Waals surface area contributed by atoms with Crippen molar-refractivity contribution in [2.75, 3.05) is 26.4 Å². The Morgan fingerprint density at radius 3 is 0.539 bits per heavy atom. The van der Waals surface area contributed by atoms with Crippen molar-refractivity contribution in [2.24, 2.45) is 0 Å². The Kier molecular flexibility index (Phi) is 30.4. The summed E-state index contributed by atoms with van der Waals surface area (Å²) in [4.78, 5) is 0. The van der Waals surface area contributed by atoms with Crippen molar-refractivity contribution in [3.8, 4) is 46.0 Å². The second kappa shape index (κ2) is 37.2. The van der Waals surface area contributed by atoms with Crippen LogP contribution in [0.3, 0.4) is 0 Å². The summed E-state index contributed by atoms with van der Waals surface area (Å²) in [7, 11) is 0. The van der Waals surface area contributed by atoms with E-state index >= 15 is 0 Å². The van der Waals surface area contributed by atoms with E-state index in [4.69, 9.17) is 18.9 Å². The van der Waals surface area contributed by atoms with Crippen LogP contribution in [0.4, 0.5) is 0 Å². The summed E-state index contributed by atoms with van der Waals surface area (Å²) in [6.45, 7) is 11.1. The summed E-state index contributed by atoms with van der Waals surface area (Å²) in [5.74, 6) is 3.32. The molecule has 0 atom stereocenters. The van der Waals surface area contributed by atoms with Crippen molar-refractivity contribution < 1.29 is 39.4 Å². The smallest absolute Gasteiger partial charge is 0.126 e. The normalized spacial score (nSPS) is 12.3. The van der Waals surface area contributed by atoms with E-state index in [1.165, 1.54) is 154 Å². The highest BCUT2D eigenvalue weighted by molar-refractivity contribution is 5.60.